The van der Waals surface area contributed by atoms with Gasteiger partial charge in [0.1, 0.15) is 5.69 Å². The molecule has 18 heavy (non-hydrogen) atoms. The first-order valence-electron chi connectivity index (χ1n) is 5.34. The van der Waals surface area contributed by atoms with Gasteiger partial charge in [0.2, 0.25) is 0 Å². The van der Waals surface area contributed by atoms with Gasteiger partial charge in [-0.3, -0.25) is 9.78 Å². The van der Waals surface area contributed by atoms with E-state index in [-0.39, 0.29) is 6.42 Å². The Kier molecular flexibility index (Phi) is 3.93. The minimum Gasteiger partial charge on any atom is -0.481 e. The number of aromatic nitrogens is 4. The maximum Gasteiger partial charge on any atom is 0.304 e. The lowest BCUT2D eigenvalue weighted by Gasteiger charge is -2.02. The van der Waals surface area contributed by atoms with E-state index in [2.05, 4.69) is 15.2 Å². The van der Waals surface area contributed by atoms with Crippen molar-refractivity contribution in [2.24, 2.45) is 7.05 Å². The van der Waals surface area contributed by atoms with E-state index in [1.165, 1.54) is 11.8 Å². The van der Waals surface area contributed by atoms with Gasteiger partial charge >= 0.3 is 5.97 Å². The van der Waals surface area contributed by atoms with Gasteiger partial charge in [0.05, 0.1) is 6.42 Å². The van der Waals surface area contributed by atoms with Crippen molar-refractivity contribution in [1.29, 1.82) is 0 Å². The standard InChI is InChI=1S/C11H12N4O2S/c1-15-10(8-4-2-3-6-12-8)13-14-11(15)18-7-5-9(16)17/h2-4,6H,5,7H2,1H3,(H,16,17). The number of hydrogen-bond donors (Lipinski definition) is 1. The first-order valence-corrected chi connectivity index (χ1v) is 6.32. The summed E-state index contributed by atoms with van der Waals surface area (Å²) in [5.41, 5.74) is 0.748. The van der Waals surface area contributed by atoms with Crippen LogP contribution in [0.5, 0.6) is 0 Å². The Morgan fingerprint density at radius 3 is 2.94 bits per heavy atom. The third kappa shape index (κ3) is 2.86. The van der Waals surface area contributed by atoms with Crippen LogP contribution in [-0.4, -0.2) is 36.6 Å². The quantitative estimate of drug-likeness (QED) is 0.823. The van der Waals surface area contributed by atoms with Crippen LogP contribution in [0.3, 0.4) is 0 Å². The molecule has 2 heterocycles. The predicted molar refractivity (Wildman–Crippen MR) is 67.2 cm³/mol. The fourth-order valence-corrected chi connectivity index (χ4v) is 2.23. The molecule has 6 nitrogen and oxygen atoms in total. The second-order valence-corrected chi connectivity index (χ2v) is 4.63. The number of carboxylic acid groups (broad SMARTS) is 1. The molecule has 0 aliphatic heterocycles. The molecule has 1 N–H and O–H groups in total. The molecule has 0 bridgehead atoms. The van der Waals surface area contributed by atoms with Crippen molar-refractivity contribution in [1.82, 2.24) is 19.7 Å². The van der Waals surface area contributed by atoms with E-state index in [1.807, 2.05) is 29.8 Å². The highest BCUT2D eigenvalue weighted by Crippen LogP contribution is 2.21. The van der Waals surface area contributed by atoms with Crippen LogP contribution >= 0.6 is 11.8 Å². The number of hydrogen-bond acceptors (Lipinski definition) is 5. The Bertz CT molecular complexity index is 541. The molecule has 0 aromatic carbocycles. The number of carboxylic acids is 1. The topological polar surface area (TPSA) is 80.9 Å². The number of thioether (sulfide) groups is 1. The summed E-state index contributed by atoms with van der Waals surface area (Å²) < 4.78 is 1.81. The summed E-state index contributed by atoms with van der Waals surface area (Å²) in [7, 11) is 1.84. The lowest BCUT2D eigenvalue weighted by Crippen LogP contribution is -1.99. The van der Waals surface area contributed by atoms with Gasteiger partial charge in [-0.2, -0.15) is 0 Å². The maximum absolute atomic E-state index is 10.4. The molecular weight excluding hydrogens is 252 g/mol. The van der Waals surface area contributed by atoms with Gasteiger partial charge in [-0.1, -0.05) is 17.8 Å². The van der Waals surface area contributed by atoms with Crippen LogP contribution < -0.4 is 0 Å². The second kappa shape index (κ2) is 5.63. The van der Waals surface area contributed by atoms with Gasteiger partial charge in [0.25, 0.3) is 0 Å². The van der Waals surface area contributed by atoms with E-state index in [0.29, 0.717) is 16.7 Å². The van der Waals surface area contributed by atoms with Crippen LogP contribution in [0.2, 0.25) is 0 Å². The molecule has 0 spiro atoms. The normalized spacial score (nSPS) is 10.5. The molecule has 0 aliphatic carbocycles. The Morgan fingerprint density at radius 1 is 1.44 bits per heavy atom. The zero-order chi connectivity index (χ0) is 13.0. The van der Waals surface area contributed by atoms with Crippen molar-refractivity contribution in [3.8, 4) is 11.5 Å². The largest absolute Gasteiger partial charge is 0.481 e. The summed E-state index contributed by atoms with van der Waals surface area (Å²) in [5, 5.41) is 17.4. The monoisotopic (exact) mass is 264 g/mol. The SMILES string of the molecule is Cn1c(SCCC(=O)O)nnc1-c1ccccn1. The lowest BCUT2D eigenvalue weighted by molar-refractivity contribution is -0.136. The minimum atomic E-state index is -0.811. The maximum atomic E-state index is 10.4. The molecule has 0 unspecified atom stereocenters. The zero-order valence-corrected chi connectivity index (χ0v) is 10.6. The molecule has 2 aromatic rings. The summed E-state index contributed by atoms with van der Waals surface area (Å²) in [6.07, 6.45) is 1.80. The molecule has 0 amide bonds. The summed E-state index contributed by atoms with van der Waals surface area (Å²) in [5.74, 6) is 0.340. The highest BCUT2D eigenvalue weighted by atomic mass is 32.2. The van der Waals surface area contributed by atoms with Gasteiger partial charge in [0, 0.05) is 19.0 Å². The highest BCUT2D eigenvalue weighted by molar-refractivity contribution is 7.99. The third-order valence-corrected chi connectivity index (χ3v) is 3.30. The summed E-state index contributed by atoms with van der Waals surface area (Å²) in [6, 6.07) is 5.58. The fourth-order valence-electron chi connectivity index (χ4n) is 1.39. The van der Waals surface area contributed by atoms with E-state index in [1.54, 1.807) is 6.20 Å². The van der Waals surface area contributed by atoms with E-state index in [4.69, 9.17) is 5.11 Å². The van der Waals surface area contributed by atoms with Crippen molar-refractivity contribution in [2.75, 3.05) is 5.75 Å². The molecule has 0 radical (unpaired) electrons. The summed E-state index contributed by atoms with van der Waals surface area (Å²) in [6.45, 7) is 0. The van der Waals surface area contributed by atoms with E-state index in [0.717, 1.165) is 5.69 Å². The minimum absolute atomic E-state index is 0.108. The van der Waals surface area contributed by atoms with Crippen molar-refractivity contribution in [2.45, 2.75) is 11.6 Å². The molecule has 0 atom stereocenters. The van der Waals surface area contributed by atoms with Gasteiger partial charge in [-0.15, -0.1) is 10.2 Å². The van der Waals surface area contributed by atoms with Crippen LogP contribution in [0.1, 0.15) is 6.42 Å². The predicted octanol–water partition coefficient (Wildman–Crippen LogP) is 1.44. The van der Waals surface area contributed by atoms with Crippen LogP contribution in [0, 0.1) is 0 Å². The zero-order valence-electron chi connectivity index (χ0n) is 9.78. The third-order valence-electron chi connectivity index (χ3n) is 2.28. The molecule has 0 saturated heterocycles. The smallest absolute Gasteiger partial charge is 0.304 e. The summed E-state index contributed by atoms with van der Waals surface area (Å²) in [4.78, 5) is 14.6. The van der Waals surface area contributed by atoms with Gasteiger partial charge in [0.15, 0.2) is 11.0 Å². The van der Waals surface area contributed by atoms with E-state index < -0.39 is 5.97 Å². The van der Waals surface area contributed by atoms with Crippen LogP contribution in [0.4, 0.5) is 0 Å². The summed E-state index contributed by atoms with van der Waals surface area (Å²) >= 11 is 1.37. The van der Waals surface area contributed by atoms with Crippen LogP contribution in [0.25, 0.3) is 11.5 Å². The molecule has 0 aliphatic rings. The number of carbonyl (C=O) groups is 1. The average molecular weight is 264 g/mol. The fraction of sp³-hybridized carbons (Fsp3) is 0.273. The first kappa shape index (κ1) is 12.6. The molecule has 7 heteroatoms. The number of aliphatic carboxylic acids is 1. The molecule has 0 saturated carbocycles. The average Bonchev–Trinajstić information content (AvgIpc) is 2.72. The van der Waals surface area contributed by atoms with E-state index >= 15 is 0 Å². The van der Waals surface area contributed by atoms with Crippen LogP contribution in [-0.2, 0) is 11.8 Å². The molecule has 2 aromatic heterocycles. The van der Waals surface area contributed by atoms with Crippen molar-refractivity contribution >= 4 is 17.7 Å². The highest BCUT2D eigenvalue weighted by Gasteiger charge is 2.12. The van der Waals surface area contributed by atoms with Gasteiger partial charge in [-0.05, 0) is 12.1 Å². The van der Waals surface area contributed by atoms with Crippen molar-refractivity contribution in [3.63, 3.8) is 0 Å². The Labute approximate surface area is 108 Å². The number of nitrogens with zero attached hydrogens (tertiary/aromatic N) is 4. The number of rotatable bonds is 5. The second-order valence-electron chi connectivity index (χ2n) is 3.57. The van der Waals surface area contributed by atoms with Crippen molar-refractivity contribution < 1.29 is 9.90 Å². The van der Waals surface area contributed by atoms with Crippen LogP contribution in [0.15, 0.2) is 29.6 Å². The molecular formula is C11H12N4O2S. The lowest BCUT2D eigenvalue weighted by atomic mass is 10.3. The molecule has 94 valence electrons. The van der Waals surface area contributed by atoms with Crippen molar-refractivity contribution in [3.05, 3.63) is 24.4 Å². The Hall–Kier alpha value is -1.89. The number of pyridine rings is 1. The van der Waals surface area contributed by atoms with E-state index in [9.17, 15) is 4.79 Å². The van der Waals surface area contributed by atoms with Gasteiger partial charge < -0.3 is 9.67 Å². The Balaban J connectivity index is 2.12. The Morgan fingerprint density at radius 2 is 2.28 bits per heavy atom. The molecule has 2 rings (SSSR count). The molecule has 0 fully saturated rings. The first-order chi connectivity index (χ1) is 8.68. The van der Waals surface area contributed by atoms with Gasteiger partial charge in [-0.25, -0.2) is 0 Å².